The molecule has 0 radical (unpaired) electrons. The number of nitrogens with zero attached hydrogens (tertiary/aromatic N) is 4. The van der Waals surface area contributed by atoms with Crippen molar-refractivity contribution in [3.63, 3.8) is 0 Å². The van der Waals surface area contributed by atoms with Crippen molar-refractivity contribution < 1.29 is 23.1 Å². The van der Waals surface area contributed by atoms with Crippen LogP contribution in [-0.4, -0.2) is 40.2 Å². The third kappa shape index (κ3) is 4.63. The molecule has 33 heavy (non-hydrogen) atoms. The van der Waals surface area contributed by atoms with Crippen LogP contribution >= 0.6 is 0 Å². The molecule has 0 atom stereocenters. The number of carbonyl (C=O) groups excluding carboxylic acids is 1. The summed E-state index contributed by atoms with van der Waals surface area (Å²) in [5.74, 6) is -0.230. The van der Waals surface area contributed by atoms with E-state index in [1.165, 1.54) is 18.3 Å². The van der Waals surface area contributed by atoms with E-state index in [0.29, 0.717) is 41.3 Å². The van der Waals surface area contributed by atoms with Gasteiger partial charge in [-0.25, -0.2) is 4.98 Å². The van der Waals surface area contributed by atoms with Gasteiger partial charge in [0.25, 0.3) is 5.91 Å². The van der Waals surface area contributed by atoms with Gasteiger partial charge in [-0.15, -0.1) is 0 Å². The Labute approximate surface area is 187 Å². The number of pyridine rings is 2. The number of aliphatic hydroxyl groups excluding tert-OH is 1. The molecule has 0 spiro atoms. The van der Waals surface area contributed by atoms with Crippen molar-refractivity contribution in [3.8, 4) is 17.2 Å². The van der Waals surface area contributed by atoms with Crippen LogP contribution in [0.3, 0.4) is 0 Å². The molecule has 7 nitrogen and oxygen atoms in total. The van der Waals surface area contributed by atoms with Gasteiger partial charge in [0.2, 0.25) is 0 Å². The Kier molecular flexibility index (Phi) is 5.74. The lowest BCUT2D eigenvalue weighted by atomic mass is 10.0. The van der Waals surface area contributed by atoms with Crippen molar-refractivity contribution >= 4 is 17.4 Å². The van der Waals surface area contributed by atoms with E-state index < -0.39 is 23.8 Å². The minimum absolute atomic E-state index is 0.138. The second-order valence-electron chi connectivity index (χ2n) is 7.66. The summed E-state index contributed by atoms with van der Waals surface area (Å²) >= 11 is 0. The van der Waals surface area contributed by atoms with Gasteiger partial charge in [0.15, 0.2) is 0 Å². The zero-order valence-electron chi connectivity index (χ0n) is 17.4. The van der Waals surface area contributed by atoms with E-state index in [0.717, 1.165) is 12.1 Å². The van der Waals surface area contributed by atoms with Gasteiger partial charge < -0.3 is 15.3 Å². The highest BCUT2D eigenvalue weighted by atomic mass is 19.4. The molecule has 1 aliphatic heterocycles. The monoisotopic (exact) mass is 453 g/mol. The first-order valence-electron chi connectivity index (χ1n) is 9.94. The zero-order valence-corrected chi connectivity index (χ0v) is 17.4. The van der Waals surface area contributed by atoms with Crippen LogP contribution in [0, 0.1) is 18.3 Å². The first-order chi connectivity index (χ1) is 15.7. The smallest absolute Gasteiger partial charge is 0.389 e. The number of hydrogen-bond donors (Lipinski definition) is 2. The first-order valence-corrected chi connectivity index (χ1v) is 9.94. The molecule has 1 fully saturated rings. The molecule has 0 aliphatic carbocycles. The lowest BCUT2D eigenvalue weighted by Gasteiger charge is -2.37. The summed E-state index contributed by atoms with van der Waals surface area (Å²) in [6.07, 6.45) is -2.02. The van der Waals surface area contributed by atoms with Crippen LogP contribution in [0.2, 0.25) is 0 Å². The highest BCUT2D eigenvalue weighted by Gasteiger charge is 2.31. The van der Waals surface area contributed by atoms with E-state index >= 15 is 0 Å². The summed E-state index contributed by atoms with van der Waals surface area (Å²) in [6, 6.07) is 9.52. The van der Waals surface area contributed by atoms with Gasteiger partial charge in [-0.3, -0.25) is 9.78 Å². The number of aromatic nitrogens is 2. The van der Waals surface area contributed by atoms with Gasteiger partial charge >= 0.3 is 6.18 Å². The Hall–Kier alpha value is -3.97. The van der Waals surface area contributed by atoms with Gasteiger partial charge in [0, 0.05) is 41.7 Å². The normalized spacial score (nSPS) is 13.9. The van der Waals surface area contributed by atoms with Crippen molar-refractivity contribution in [1.29, 1.82) is 5.26 Å². The number of β-amino-alcohol motifs (C(OH)–C–C–N with tert-alkyl or cyclic N) is 1. The number of rotatable bonds is 4. The summed E-state index contributed by atoms with van der Waals surface area (Å²) in [4.78, 5) is 22.9. The molecule has 0 unspecified atom stereocenters. The Bertz CT molecular complexity index is 1260. The highest BCUT2D eigenvalue weighted by Crippen LogP contribution is 2.31. The topological polar surface area (TPSA) is 102 Å². The van der Waals surface area contributed by atoms with Crippen LogP contribution in [0.4, 0.5) is 24.7 Å². The van der Waals surface area contributed by atoms with Crippen molar-refractivity contribution in [2.75, 3.05) is 23.3 Å². The molecule has 2 N–H and O–H groups in total. The Morgan fingerprint density at radius 3 is 2.64 bits per heavy atom. The molecule has 3 aromatic rings. The predicted molar refractivity (Wildman–Crippen MR) is 115 cm³/mol. The number of hydrogen-bond acceptors (Lipinski definition) is 6. The predicted octanol–water partition coefficient (Wildman–Crippen LogP) is 3.78. The number of aliphatic hydroxyl groups is 1. The minimum atomic E-state index is -4.55. The third-order valence-corrected chi connectivity index (χ3v) is 5.26. The van der Waals surface area contributed by atoms with Crippen molar-refractivity contribution in [1.82, 2.24) is 9.97 Å². The Balaban J connectivity index is 1.60. The number of alkyl halides is 3. The molecule has 1 saturated heterocycles. The average Bonchev–Trinajstić information content (AvgIpc) is 2.77. The van der Waals surface area contributed by atoms with E-state index in [4.69, 9.17) is 0 Å². The fourth-order valence-electron chi connectivity index (χ4n) is 3.50. The zero-order chi connectivity index (χ0) is 23.8. The molecule has 168 valence electrons. The van der Waals surface area contributed by atoms with Gasteiger partial charge in [-0.1, -0.05) is 6.07 Å². The lowest BCUT2D eigenvalue weighted by molar-refractivity contribution is -0.137. The number of benzene rings is 1. The molecule has 0 saturated carbocycles. The summed E-state index contributed by atoms with van der Waals surface area (Å²) < 4.78 is 38.8. The quantitative estimate of drug-likeness (QED) is 0.624. The van der Waals surface area contributed by atoms with Gasteiger partial charge in [0.1, 0.15) is 11.9 Å². The average molecular weight is 453 g/mol. The van der Waals surface area contributed by atoms with Gasteiger partial charge in [0.05, 0.1) is 29.1 Å². The number of halogens is 3. The van der Waals surface area contributed by atoms with E-state index in [1.54, 1.807) is 30.2 Å². The number of nitrogens with one attached hydrogen (secondary N) is 1. The summed E-state index contributed by atoms with van der Waals surface area (Å²) in [6.45, 7) is 2.55. The van der Waals surface area contributed by atoms with E-state index in [9.17, 15) is 28.3 Å². The lowest BCUT2D eigenvalue weighted by Crippen LogP contribution is -2.51. The number of nitriles is 1. The SMILES string of the molecule is Cc1ncc(NC(=O)c2cccc(C(F)(F)F)c2)cc1-c1cnc(N2CC(O)C2)c(C#N)c1. The first kappa shape index (κ1) is 22.2. The fourth-order valence-corrected chi connectivity index (χ4v) is 3.50. The number of aryl methyl sites for hydroxylation is 1. The van der Waals surface area contributed by atoms with Gasteiger partial charge in [-0.2, -0.15) is 18.4 Å². The second kappa shape index (κ2) is 8.52. The fraction of sp³-hybridized carbons (Fsp3) is 0.217. The van der Waals surface area contributed by atoms with E-state index in [1.807, 2.05) is 0 Å². The number of anilines is 2. The van der Waals surface area contributed by atoms with Crippen LogP contribution in [0.25, 0.3) is 11.1 Å². The minimum Gasteiger partial charge on any atom is -0.389 e. The highest BCUT2D eigenvalue weighted by molar-refractivity contribution is 6.04. The number of carbonyl (C=O) groups is 1. The van der Waals surface area contributed by atoms with Crippen molar-refractivity contribution in [2.24, 2.45) is 0 Å². The molecule has 0 bridgehead atoms. The molecule has 1 aromatic carbocycles. The largest absolute Gasteiger partial charge is 0.416 e. The van der Waals surface area contributed by atoms with Crippen molar-refractivity contribution in [3.05, 3.63) is 71.2 Å². The van der Waals surface area contributed by atoms with Crippen LogP contribution in [0.5, 0.6) is 0 Å². The van der Waals surface area contributed by atoms with Crippen LogP contribution in [0.1, 0.15) is 27.2 Å². The molecular formula is C23H18F3N5O2. The molecule has 1 aliphatic rings. The molecular weight excluding hydrogens is 435 g/mol. The summed E-state index contributed by atoms with van der Waals surface area (Å²) in [5, 5.41) is 21.6. The molecule has 1 amide bonds. The second-order valence-corrected chi connectivity index (χ2v) is 7.66. The summed E-state index contributed by atoms with van der Waals surface area (Å²) in [7, 11) is 0. The Morgan fingerprint density at radius 2 is 1.97 bits per heavy atom. The van der Waals surface area contributed by atoms with Crippen LogP contribution in [0.15, 0.2) is 48.8 Å². The van der Waals surface area contributed by atoms with Gasteiger partial charge in [-0.05, 0) is 37.3 Å². The maximum atomic E-state index is 12.9. The molecule has 4 rings (SSSR count). The maximum absolute atomic E-state index is 12.9. The van der Waals surface area contributed by atoms with Crippen LogP contribution < -0.4 is 10.2 Å². The summed E-state index contributed by atoms with van der Waals surface area (Å²) in [5.41, 5.74) is 1.38. The molecule has 2 aromatic heterocycles. The van der Waals surface area contributed by atoms with E-state index in [2.05, 4.69) is 21.4 Å². The maximum Gasteiger partial charge on any atom is 0.416 e. The standard InChI is InChI=1S/C23H18F3N5O2/c1-13-20(16-5-15(8-27)21(29-9-16)31-11-19(32)12-31)7-18(10-28-13)30-22(33)14-3-2-4-17(6-14)23(24,25)26/h2-7,9-10,19,32H,11-12H2,1H3,(H,30,33). The Morgan fingerprint density at radius 1 is 1.21 bits per heavy atom. The molecule has 3 heterocycles. The number of amides is 1. The third-order valence-electron chi connectivity index (χ3n) is 5.26. The van der Waals surface area contributed by atoms with Crippen LogP contribution in [-0.2, 0) is 6.18 Å². The molecule has 10 heteroatoms. The van der Waals surface area contributed by atoms with E-state index in [-0.39, 0.29) is 11.3 Å². The van der Waals surface area contributed by atoms with Crippen molar-refractivity contribution in [2.45, 2.75) is 19.2 Å².